The van der Waals surface area contributed by atoms with Gasteiger partial charge in [0, 0.05) is 5.69 Å². The molecule has 1 heterocycles. The van der Waals surface area contributed by atoms with Gasteiger partial charge in [-0.15, -0.1) is 0 Å². The molecule has 146 valence electrons. The normalized spacial score (nSPS) is 19.3. The first kappa shape index (κ1) is 19.5. The molecule has 2 N–H and O–H groups in total. The summed E-state index contributed by atoms with van der Waals surface area (Å²) in [6, 6.07) is 2.27. The van der Waals surface area contributed by atoms with Gasteiger partial charge < -0.3 is 10.6 Å². The summed E-state index contributed by atoms with van der Waals surface area (Å²) in [6.07, 6.45) is -1.06. The molecule has 0 aromatic heterocycles. The van der Waals surface area contributed by atoms with Gasteiger partial charge in [0.15, 0.2) is 0 Å². The first-order valence-electron chi connectivity index (χ1n) is 8.43. The molecule has 1 saturated carbocycles. The minimum atomic E-state index is -4.67. The number of alkyl halides is 3. The van der Waals surface area contributed by atoms with E-state index in [9.17, 15) is 27.6 Å². The molecule has 1 aromatic rings. The summed E-state index contributed by atoms with van der Waals surface area (Å²) in [5.41, 5.74) is -2.17. The quantitative estimate of drug-likeness (QED) is 0.757. The van der Waals surface area contributed by atoms with Crippen LogP contribution in [0.3, 0.4) is 0 Å². The summed E-state index contributed by atoms with van der Waals surface area (Å²) < 4.78 is 38.7. The van der Waals surface area contributed by atoms with E-state index < -0.39 is 46.7 Å². The molecule has 0 bridgehead atoms. The SMILES string of the molecule is O=C(CN1C(=O)NC2(CCCCC2)C1=O)Nc1ccc(Cl)c(C(F)(F)F)c1. The molecule has 6 nitrogen and oxygen atoms in total. The monoisotopic (exact) mass is 403 g/mol. The second-order valence-electron chi connectivity index (χ2n) is 6.70. The lowest BCUT2D eigenvalue weighted by Gasteiger charge is -2.30. The van der Waals surface area contributed by atoms with Crippen LogP contribution in [0.2, 0.25) is 5.02 Å². The number of nitrogens with zero attached hydrogens (tertiary/aromatic N) is 1. The number of rotatable bonds is 3. The average Bonchev–Trinajstić information content (AvgIpc) is 2.80. The Bertz CT molecular complexity index is 791. The molecule has 2 aliphatic rings. The number of carbonyl (C=O) groups excluding carboxylic acids is 3. The zero-order valence-corrected chi connectivity index (χ0v) is 14.9. The summed E-state index contributed by atoms with van der Waals surface area (Å²) in [7, 11) is 0. The lowest BCUT2D eigenvalue weighted by Crippen LogP contribution is -2.48. The summed E-state index contributed by atoms with van der Waals surface area (Å²) in [5.74, 6) is -1.24. The molecule has 4 amide bonds. The van der Waals surface area contributed by atoms with E-state index in [0.29, 0.717) is 18.9 Å². The molecule has 10 heteroatoms. The Morgan fingerprint density at radius 2 is 1.89 bits per heavy atom. The minimum absolute atomic E-state index is 0.129. The predicted molar refractivity (Wildman–Crippen MR) is 91.1 cm³/mol. The highest BCUT2D eigenvalue weighted by molar-refractivity contribution is 6.31. The topological polar surface area (TPSA) is 78.5 Å². The van der Waals surface area contributed by atoms with Crippen molar-refractivity contribution < 1.29 is 27.6 Å². The van der Waals surface area contributed by atoms with Crippen molar-refractivity contribution in [3.05, 3.63) is 28.8 Å². The van der Waals surface area contributed by atoms with Crippen LogP contribution in [0.25, 0.3) is 0 Å². The van der Waals surface area contributed by atoms with Crippen molar-refractivity contribution >= 4 is 35.1 Å². The fourth-order valence-corrected chi connectivity index (χ4v) is 3.70. The lowest BCUT2D eigenvalue weighted by molar-refractivity contribution is -0.137. The van der Waals surface area contributed by atoms with Crippen LogP contribution in [0.15, 0.2) is 18.2 Å². The third-order valence-electron chi connectivity index (χ3n) is 4.81. The molecule has 2 fully saturated rings. The van der Waals surface area contributed by atoms with Gasteiger partial charge in [0.2, 0.25) is 5.91 Å². The largest absolute Gasteiger partial charge is 0.417 e. The van der Waals surface area contributed by atoms with Gasteiger partial charge in [-0.3, -0.25) is 14.5 Å². The van der Waals surface area contributed by atoms with Crippen molar-refractivity contribution in [1.82, 2.24) is 10.2 Å². The third kappa shape index (κ3) is 3.87. The lowest BCUT2D eigenvalue weighted by atomic mass is 9.82. The van der Waals surface area contributed by atoms with Gasteiger partial charge in [0.05, 0.1) is 10.6 Å². The molecule has 1 spiro atoms. The number of anilines is 1. The highest BCUT2D eigenvalue weighted by Crippen LogP contribution is 2.36. The Kier molecular flexibility index (Phi) is 5.07. The fraction of sp³-hybridized carbons (Fsp3) is 0.471. The number of hydrogen-bond donors (Lipinski definition) is 2. The first-order valence-corrected chi connectivity index (χ1v) is 8.81. The van der Waals surface area contributed by atoms with E-state index in [1.807, 2.05) is 0 Å². The maximum absolute atomic E-state index is 12.9. The Morgan fingerprint density at radius 3 is 2.52 bits per heavy atom. The Morgan fingerprint density at radius 1 is 1.22 bits per heavy atom. The van der Waals surface area contributed by atoms with Crippen LogP contribution in [0.4, 0.5) is 23.7 Å². The zero-order chi connectivity index (χ0) is 19.8. The number of halogens is 4. The van der Waals surface area contributed by atoms with Crippen molar-refractivity contribution in [3.8, 4) is 0 Å². The molecular formula is C17H17ClF3N3O3. The summed E-state index contributed by atoms with van der Waals surface area (Å²) in [5, 5.41) is 4.44. The molecule has 3 rings (SSSR count). The van der Waals surface area contributed by atoms with E-state index in [1.54, 1.807) is 0 Å². The van der Waals surface area contributed by atoms with Crippen molar-refractivity contribution in [2.75, 3.05) is 11.9 Å². The molecule has 0 radical (unpaired) electrons. The van der Waals surface area contributed by atoms with E-state index in [2.05, 4.69) is 10.6 Å². The van der Waals surface area contributed by atoms with Crippen molar-refractivity contribution in [3.63, 3.8) is 0 Å². The zero-order valence-electron chi connectivity index (χ0n) is 14.2. The number of carbonyl (C=O) groups is 3. The maximum atomic E-state index is 12.9. The van der Waals surface area contributed by atoms with Gasteiger partial charge in [-0.1, -0.05) is 30.9 Å². The number of amides is 4. The summed E-state index contributed by atoms with van der Waals surface area (Å²) >= 11 is 5.54. The van der Waals surface area contributed by atoms with Crippen LogP contribution in [0.1, 0.15) is 37.7 Å². The van der Waals surface area contributed by atoms with E-state index in [1.165, 1.54) is 6.07 Å². The Labute approximate surface area is 158 Å². The molecule has 0 atom stereocenters. The van der Waals surface area contributed by atoms with Crippen LogP contribution in [0, 0.1) is 0 Å². The second kappa shape index (κ2) is 7.03. The fourth-order valence-electron chi connectivity index (χ4n) is 3.48. The second-order valence-corrected chi connectivity index (χ2v) is 7.11. The van der Waals surface area contributed by atoms with E-state index in [4.69, 9.17) is 11.6 Å². The van der Waals surface area contributed by atoms with Crippen LogP contribution in [0.5, 0.6) is 0 Å². The molecule has 1 saturated heterocycles. The number of nitrogens with one attached hydrogen (secondary N) is 2. The number of urea groups is 1. The molecular weight excluding hydrogens is 387 g/mol. The van der Waals surface area contributed by atoms with Crippen molar-refractivity contribution in [2.45, 2.75) is 43.8 Å². The van der Waals surface area contributed by atoms with Gasteiger partial charge >= 0.3 is 12.2 Å². The van der Waals surface area contributed by atoms with Crippen molar-refractivity contribution in [2.24, 2.45) is 0 Å². The number of imide groups is 1. The van der Waals surface area contributed by atoms with Gasteiger partial charge in [0.1, 0.15) is 12.1 Å². The number of hydrogen-bond acceptors (Lipinski definition) is 3. The number of benzene rings is 1. The van der Waals surface area contributed by atoms with Crippen LogP contribution in [-0.2, 0) is 15.8 Å². The Hall–Kier alpha value is -2.29. The van der Waals surface area contributed by atoms with Gasteiger partial charge in [0.25, 0.3) is 5.91 Å². The first-order chi connectivity index (χ1) is 12.6. The van der Waals surface area contributed by atoms with E-state index in [-0.39, 0.29) is 5.69 Å². The molecule has 1 aliphatic heterocycles. The molecule has 27 heavy (non-hydrogen) atoms. The molecule has 1 aromatic carbocycles. The Balaban J connectivity index is 1.69. The third-order valence-corrected chi connectivity index (χ3v) is 5.14. The molecule has 1 aliphatic carbocycles. The van der Waals surface area contributed by atoms with Gasteiger partial charge in [-0.25, -0.2) is 4.79 Å². The van der Waals surface area contributed by atoms with Crippen LogP contribution in [-0.4, -0.2) is 34.8 Å². The summed E-state index contributed by atoms with van der Waals surface area (Å²) in [6.45, 7) is -0.573. The molecule has 0 unspecified atom stereocenters. The standard InChI is InChI=1S/C17H17ClF3N3O3/c18-12-5-4-10(8-11(12)17(19,20)21)22-13(25)9-24-14(26)16(23-15(24)27)6-2-1-3-7-16/h4-5,8H,1-3,6-7,9H2,(H,22,25)(H,23,27). The maximum Gasteiger partial charge on any atom is 0.417 e. The smallest absolute Gasteiger partial charge is 0.325 e. The van der Waals surface area contributed by atoms with Gasteiger partial charge in [-0.05, 0) is 31.0 Å². The average molecular weight is 404 g/mol. The van der Waals surface area contributed by atoms with E-state index >= 15 is 0 Å². The minimum Gasteiger partial charge on any atom is -0.325 e. The van der Waals surface area contributed by atoms with Crippen LogP contribution >= 0.6 is 11.6 Å². The van der Waals surface area contributed by atoms with Gasteiger partial charge in [-0.2, -0.15) is 13.2 Å². The highest BCUT2D eigenvalue weighted by Gasteiger charge is 2.51. The van der Waals surface area contributed by atoms with E-state index in [0.717, 1.165) is 30.2 Å². The highest BCUT2D eigenvalue weighted by atomic mass is 35.5. The predicted octanol–water partition coefficient (Wildman–Crippen LogP) is 3.55. The van der Waals surface area contributed by atoms with Crippen LogP contribution < -0.4 is 10.6 Å². The summed E-state index contributed by atoms with van der Waals surface area (Å²) in [4.78, 5) is 37.7. The van der Waals surface area contributed by atoms with Crippen molar-refractivity contribution in [1.29, 1.82) is 0 Å².